The maximum absolute atomic E-state index is 13.3. The molecule has 0 spiro atoms. The molecule has 0 aliphatic carbocycles. The Kier molecular flexibility index (Phi) is 6.12. The van der Waals surface area contributed by atoms with E-state index >= 15 is 0 Å². The summed E-state index contributed by atoms with van der Waals surface area (Å²) in [6.07, 6.45) is 1.63. The second kappa shape index (κ2) is 8.23. The highest BCUT2D eigenvalue weighted by Crippen LogP contribution is 2.29. The zero-order valence-electron chi connectivity index (χ0n) is 16.8. The van der Waals surface area contributed by atoms with E-state index in [0.717, 1.165) is 28.0 Å². The molecule has 0 unspecified atom stereocenters. The van der Waals surface area contributed by atoms with E-state index in [-0.39, 0.29) is 0 Å². The minimum Gasteiger partial charge on any atom is -0.467 e. The Bertz CT molecular complexity index is 935. The Labute approximate surface area is 172 Å². The van der Waals surface area contributed by atoms with E-state index in [1.165, 1.54) is 0 Å². The van der Waals surface area contributed by atoms with Crippen molar-refractivity contribution in [2.75, 3.05) is 26.2 Å². The van der Waals surface area contributed by atoms with Gasteiger partial charge in [-0.3, -0.25) is 0 Å². The summed E-state index contributed by atoms with van der Waals surface area (Å²) in [5.74, 6) is 0.810. The van der Waals surface area contributed by atoms with Crippen molar-refractivity contribution in [3.63, 3.8) is 0 Å². The van der Waals surface area contributed by atoms with Crippen LogP contribution in [0.15, 0.2) is 33.8 Å². The normalized spacial score (nSPS) is 15.6. The van der Waals surface area contributed by atoms with Gasteiger partial charge in [-0.25, -0.2) is 8.42 Å². The third kappa shape index (κ3) is 4.09. The third-order valence-electron chi connectivity index (χ3n) is 5.41. The minimum atomic E-state index is -3.54. The number of hydrogen-bond acceptors (Lipinski definition) is 4. The molecule has 6 nitrogen and oxygen atoms in total. The number of nitrogens with zero attached hydrogens (tertiary/aromatic N) is 2. The van der Waals surface area contributed by atoms with Crippen molar-refractivity contribution in [2.45, 2.75) is 39.1 Å². The van der Waals surface area contributed by atoms with E-state index in [2.05, 4.69) is 5.32 Å². The molecule has 0 amide bonds. The zero-order valence-corrected chi connectivity index (χ0v) is 18.4. The average Bonchev–Trinajstić information content (AvgIpc) is 3.18. The first kappa shape index (κ1) is 20.8. The van der Waals surface area contributed by atoms with Crippen molar-refractivity contribution in [3.8, 4) is 0 Å². The average molecular weight is 422 g/mol. The maximum atomic E-state index is 13.3. The first-order chi connectivity index (χ1) is 13.2. The van der Waals surface area contributed by atoms with Gasteiger partial charge in [-0.05, 0) is 74.3 Å². The summed E-state index contributed by atoms with van der Waals surface area (Å²) in [7, 11) is -3.54. The molecule has 0 saturated carbocycles. The predicted octanol–water partition coefficient (Wildman–Crippen LogP) is 2.89. The van der Waals surface area contributed by atoms with Gasteiger partial charge in [0.2, 0.25) is 10.0 Å². The molecule has 1 aromatic heterocycles. The molecule has 3 rings (SSSR count). The topological polar surface area (TPSA) is 65.8 Å². The largest absolute Gasteiger partial charge is 0.467 e. The monoisotopic (exact) mass is 421 g/mol. The van der Waals surface area contributed by atoms with E-state index < -0.39 is 10.0 Å². The third-order valence-corrected chi connectivity index (χ3v) is 7.99. The van der Waals surface area contributed by atoms with Crippen LogP contribution in [0.25, 0.3) is 0 Å². The van der Waals surface area contributed by atoms with Crippen LogP contribution in [0.3, 0.4) is 0 Å². The molecule has 1 aliphatic heterocycles. The number of nitrogens with one attached hydrogen (secondary N) is 1. The molecule has 0 bridgehead atoms. The fourth-order valence-corrected chi connectivity index (χ4v) is 5.77. The maximum Gasteiger partial charge on any atom is 0.243 e. The lowest BCUT2D eigenvalue weighted by Gasteiger charge is -2.36. The van der Waals surface area contributed by atoms with Crippen molar-refractivity contribution >= 4 is 27.4 Å². The summed E-state index contributed by atoms with van der Waals surface area (Å²) >= 11 is 5.45. The lowest BCUT2D eigenvalue weighted by atomic mass is 10.0. The molecule has 1 aromatic carbocycles. The molecule has 28 heavy (non-hydrogen) atoms. The van der Waals surface area contributed by atoms with Gasteiger partial charge in [-0.2, -0.15) is 4.31 Å². The van der Waals surface area contributed by atoms with Crippen LogP contribution < -0.4 is 5.32 Å². The van der Waals surface area contributed by atoms with Crippen LogP contribution >= 0.6 is 12.2 Å². The molecule has 0 atom stereocenters. The number of aryl methyl sites for hydroxylation is 2. The second-order valence-electron chi connectivity index (χ2n) is 7.22. The summed E-state index contributed by atoms with van der Waals surface area (Å²) in [6.45, 7) is 10.2. The molecule has 2 heterocycles. The standard InChI is InChI=1S/C20H27N3O3S2/c1-14-12-15(2)17(4)19(16(14)3)28(24,25)23-9-7-22(8-10-23)20(27)21-13-18-6-5-11-26-18/h5-6,11-12H,7-10,13H2,1-4H3,(H,21,27). The molecule has 1 N–H and O–H groups in total. The Morgan fingerprint density at radius 1 is 1.11 bits per heavy atom. The van der Waals surface area contributed by atoms with Gasteiger partial charge in [0, 0.05) is 26.2 Å². The number of benzene rings is 1. The van der Waals surface area contributed by atoms with E-state index in [4.69, 9.17) is 16.6 Å². The highest BCUT2D eigenvalue weighted by atomic mass is 32.2. The summed E-state index contributed by atoms with van der Waals surface area (Å²) in [6, 6.07) is 5.76. The first-order valence-corrected chi connectivity index (χ1v) is 11.2. The Hall–Kier alpha value is -1.90. The van der Waals surface area contributed by atoms with Crippen LogP contribution in [0.1, 0.15) is 28.0 Å². The van der Waals surface area contributed by atoms with Gasteiger partial charge in [0.05, 0.1) is 17.7 Å². The SMILES string of the molecule is Cc1cc(C)c(C)c(S(=O)(=O)N2CCN(C(=S)NCc3ccco3)CC2)c1C. The molecular weight excluding hydrogens is 394 g/mol. The number of furan rings is 1. The number of thiocarbonyl (C=S) groups is 1. The minimum absolute atomic E-state index is 0.413. The molecule has 1 aliphatic rings. The fourth-order valence-electron chi connectivity index (χ4n) is 3.52. The van der Waals surface area contributed by atoms with Gasteiger partial charge < -0.3 is 14.6 Å². The highest BCUT2D eigenvalue weighted by molar-refractivity contribution is 7.89. The van der Waals surface area contributed by atoms with Crippen LogP contribution in [0.4, 0.5) is 0 Å². The van der Waals surface area contributed by atoms with Crippen LogP contribution in [-0.2, 0) is 16.6 Å². The summed E-state index contributed by atoms with van der Waals surface area (Å²) in [5.41, 5.74) is 3.68. The van der Waals surface area contributed by atoms with Gasteiger partial charge in [0.15, 0.2) is 5.11 Å². The Morgan fingerprint density at radius 3 is 2.25 bits per heavy atom. The van der Waals surface area contributed by atoms with Crippen LogP contribution in [0, 0.1) is 27.7 Å². The molecule has 0 radical (unpaired) electrons. The predicted molar refractivity (Wildman–Crippen MR) is 114 cm³/mol. The smallest absolute Gasteiger partial charge is 0.243 e. The molecular formula is C20H27N3O3S2. The van der Waals surface area contributed by atoms with Gasteiger partial charge in [0.1, 0.15) is 5.76 Å². The number of piperazine rings is 1. The quantitative estimate of drug-likeness (QED) is 0.766. The molecule has 2 aromatic rings. The lowest BCUT2D eigenvalue weighted by Crippen LogP contribution is -2.53. The van der Waals surface area contributed by atoms with E-state index in [0.29, 0.717) is 42.7 Å². The Morgan fingerprint density at radius 2 is 1.71 bits per heavy atom. The van der Waals surface area contributed by atoms with Crippen LogP contribution in [0.2, 0.25) is 0 Å². The molecule has 1 fully saturated rings. The first-order valence-electron chi connectivity index (χ1n) is 9.34. The van der Waals surface area contributed by atoms with E-state index in [1.54, 1.807) is 10.6 Å². The van der Waals surface area contributed by atoms with Gasteiger partial charge >= 0.3 is 0 Å². The summed E-state index contributed by atoms with van der Waals surface area (Å²) in [5, 5.41) is 3.79. The van der Waals surface area contributed by atoms with Crippen molar-refractivity contribution in [1.82, 2.24) is 14.5 Å². The van der Waals surface area contributed by atoms with E-state index in [1.807, 2.05) is 50.8 Å². The molecule has 8 heteroatoms. The highest BCUT2D eigenvalue weighted by Gasteiger charge is 2.32. The van der Waals surface area contributed by atoms with Crippen molar-refractivity contribution in [1.29, 1.82) is 0 Å². The van der Waals surface area contributed by atoms with Crippen molar-refractivity contribution < 1.29 is 12.8 Å². The molecule has 152 valence electrons. The summed E-state index contributed by atoms with van der Waals surface area (Å²) in [4.78, 5) is 2.46. The lowest BCUT2D eigenvalue weighted by molar-refractivity contribution is 0.263. The van der Waals surface area contributed by atoms with Gasteiger partial charge in [-0.15, -0.1) is 0 Å². The van der Waals surface area contributed by atoms with Gasteiger partial charge in [-0.1, -0.05) is 6.07 Å². The second-order valence-corrected chi connectivity index (χ2v) is 9.48. The van der Waals surface area contributed by atoms with Gasteiger partial charge in [0.25, 0.3) is 0 Å². The summed E-state index contributed by atoms with van der Waals surface area (Å²) < 4.78 is 33.5. The molecule has 1 saturated heterocycles. The number of rotatable bonds is 4. The Balaban J connectivity index is 1.68. The fraction of sp³-hybridized carbons (Fsp3) is 0.450. The number of sulfonamides is 1. The van der Waals surface area contributed by atoms with Crippen molar-refractivity contribution in [2.24, 2.45) is 0 Å². The number of hydrogen-bond donors (Lipinski definition) is 1. The van der Waals surface area contributed by atoms with Crippen LogP contribution in [-0.4, -0.2) is 48.9 Å². The zero-order chi connectivity index (χ0) is 20.5. The van der Waals surface area contributed by atoms with Crippen molar-refractivity contribution in [3.05, 3.63) is 52.5 Å². The van der Waals surface area contributed by atoms with Crippen LogP contribution in [0.5, 0.6) is 0 Å². The van der Waals surface area contributed by atoms with E-state index in [9.17, 15) is 8.42 Å².